The predicted molar refractivity (Wildman–Crippen MR) is 45.5 cm³/mol. The van der Waals surface area contributed by atoms with E-state index < -0.39 is 0 Å². The maximum absolute atomic E-state index is 12.3. The molecule has 66 valence electrons. The Morgan fingerprint density at radius 1 is 1.42 bits per heavy atom. The summed E-state index contributed by atoms with van der Waals surface area (Å²) in [7, 11) is 0. The fraction of sp³-hybridized carbons (Fsp3) is 0.800. The molecule has 1 atom stereocenters. The lowest BCUT2D eigenvalue weighted by atomic mass is 9.94. The maximum atomic E-state index is 12.3. The van der Waals surface area contributed by atoms with E-state index in [1.807, 2.05) is 0 Å². The topological polar surface area (TPSA) is 3.24 Å². The number of nitrogens with zero attached hydrogens (tertiary/aromatic N) is 1. The van der Waals surface area contributed by atoms with E-state index in [1.54, 1.807) is 0 Å². The molecule has 0 bridgehead atoms. The third kappa shape index (κ3) is 0.764. The molecule has 2 heterocycles. The van der Waals surface area contributed by atoms with Gasteiger partial charge in [0.25, 0.3) is 0 Å². The summed E-state index contributed by atoms with van der Waals surface area (Å²) in [4.78, 5) is 2.47. The van der Waals surface area contributed by atoms with Gasteiger partial charge in [-0.05, 0) is 43.2 Å². The number of halogens is 1. The van der Waals surface area contributed by atoms with Crippen molar-refractivity contribution in [3.8, 4) is 0 Å². The summed E-state index contributed by atoms with van der Waals surface area (Å²) in [5.41, 5.74) is 1.66. The third-order valence-electron chi connectivity index (χ3n) is 3.95. The highest BCUT2D eigenvalue weighted by Crippen LogP contribution is 2.60. The van der Waals surface area contributed by atoms with Crippen molar-refractivity contribution < 1.29 is 4.39 Å². The van der Waals surface area contributed by atoms with Crippen LogP contribution in [-0.4, -0.2) is 24.0 Å². The van der Waals surface area contributed by atoms with Gasteiger partial charge in [0.1, 0.15) is 0 Å². The van der Waals surface area contributed by atoms with Gasteiger partial charge in [-0.15, -0.1) is 0 Å². The van der Waals surface area contributed by atoms with Gasteiger partial charge >= 0.3 is 0 Å². The molecule has 12 heavy (non-hydrogen) atoms. The Balaban J connectivity index is 1.86. The van der Waals surface area contributed by atoms with E-state index in [4.69, 9.17) is 0 Å². The van der Waals surface area contributed by atoms with E-state index in [0.717, 1.165) is 24.9 Å². The van der Waals surface area contributed by atoms with Crippen LogP contribution in [0.1, 0.15) is 25.7 Å². The Labute approximate surface area is 72.2 Å². The SMILES string of the molecule is F/C=C1\CC2N(CCC23CC3)C1. The highest BCUT2D eigenvalue weighted by atomic mass is 19.1. The average Bonchev–Trinajstić information content (AvgIpc) is 2.63. The number of hydrogen-bond acceptors (Lipinski definition) is 1. The third-order valence-corrected chi connectivity index (χ3v) is 3.95. The molecule has 1 aliphatic carbocycles. The lowest BCUT2D eigenvalue weighted by molar-refractivity contribution is 0.281. The highest BCUT2D eigenvalue weighted by molar-refractivity contribution is 5.20. The molecule has 3 rings (SSSR count). The Hall–Kier alpha value is -0.370. The van der Waals surface area contributed by atoms with Crippen LogP contribution in [0.5, 0.6) is 0 Å². The van der Waals surface area contributed by atoms with Crippen LogP contribution in [0.25, 0.3) is 0 Å². The van der Waals surface area contributed by atoms with Gasteiger partial charge in [-0.1, -0.05) is 0 Å². The quantitative estimate of drug-likeness (QED) is 0.534. The van der Waals surface area contributed by atoms with Crippen LogP contribution in [0.3, 0.4) is 0 Å². The van der Waals surface area contributed by atoms with E-state index in [2.05, 4.69) is 4.90 Å². The first-order valence-electron chi connectivity index (χ1n) is 4.86. The summed E-state index contributed by atoms with van der Waals surface area (Å²) in [5.74, 6) is 0. The van der Waals surface area contributed by atoms with E-state index >= 15 is 0 Å². The lowest BCUT2D eigenvalue weighted by Crippen LogP contribution is -2.26. The first-order valence-corrected chi connectivity index (χ1v) is 4.86. The summed E-state index contributed by atoms with van der Waals surface area (Å²) >= 11 is 0. The summed E-state index contributed by atoms with van der Waals surface area (Å²) in [6, 6.07) is 0.708. The Bertz CT molecular complexity index is 242. The van der Waals surface area contributed by atoms with E-state index in [-0.39, 0.29) is 0 Å². The molecule has 0 radical (unpaired) electrons. The summed E-state index contributed by atoms with van der Waals surface area (Å²) in [5, 5.41) is 0. The molecule has 0 aromatic carbocycles. The van der Waals surface area contributed by atoms with Crippen molar-refractivity contribution in [2.24, 2.45) is 5.41 Å². The molecule has 0 N–H and O–H groups in total. The first-order chi connectivity index (χ1) is 5.84. The molecule has 2 heteroatoms. The largest absolute Gasteiger partial charge is 0.295 e. The Morgan fingerprint density at radius 3 is 2.92 bits per heavy atom. The zero-order chi connectivity index (χ0) is 8.18. The summed E-state index contributed by atoms with van der Waals surface area (Å²) in [6.45, 7) is 2.12. The predicted octanol–water partition coefficient (Wildman–Crippen LogP) is 2.10. The second-order valence-corrected chi connectivity index (χ2v) is 4.57. The fourth-order valence-electron chi connectivity index (χ4n) is 3.01. The minimum atomic E-state index is 0.644. The molecule has 1 spiro atoms. The van der Waals surface area contributed by atoms with Crippen LogP contribution in [0.15, 0.2) is 11.9 Å². The van der Waals surface area contributed by atoms with E-state index in [1.165, 1.54) is 25.8 Å². The van der Waals surface area contributed by atoms with E-state index in [0.29, 0.717) is 11.5 Å². The van der Waals surface area contributed by atoms with Gasteiger partial charge in [0.15, 0.2) is 0 Å². The van der Waals surface area contributed by atoms with Gasteiger partial charge in [0.05, 0.1) is 6.33 Å². The molecule has 2 saturated heterocycles. The average molecular weight is 167 g/mol. The van der Waals surface area contributed by atoms with Crippen molar-refractivity contribution in [3.05, 3.63) is 11.9 Å². The standard InChI is InChI=1S/C10H14FN/c11-6-8-5-9-10(1-2-10)3-4-12(9)7-8/h6,9H,1-5,7H2/b8-6+. The number of rotatable bonds is 0. The molecule has 2 aliphatic heterocycles. The minimum Gasteiger partial charge on any atom is -0.295 e. The smallest absolute Gasteiger partial charge is 0.0872 e. The van der Waals surface area contributed by atoms with Crippen molar-refractivity contribution in [2.45, 2.75) is 31.7 Å². The molecule has 3 fully saturated rings. The number of fused-ring (bicyclic) bond motifs is 2. The normalized spacial score (nSPS) is 41.1. The van der Waals surface area contributed by atoms with Crippen LogP contribution < -0.4 is 0 Å². The first kappa shape index (κ1) is 7.07. The second kappa shape index (κ2) is 2.11. The van der Waals surface area contributed by atoms with Crippen LogP contribution in [0.4, 0.5) is 4.39 Å². The lowest BCUT2D eigenvalue weighted by Gasteiger charge is -2.17. The molecule has 0 aromatic heterocycles. The molecule has 0 aromatic rings. The molecular weight excluding hydrogens is 153 g/mol. The van der Waals surface area contributed by atoms with E-state index in [9.17, 15) is 4.39 Å². The summed E-state index contributed by atoms with van der Waals surface area (Å²) < 4.78 is 12.3. The fourth-order valence-corrected chi connectivity index (χ4v) is 3.01. The van der Waals surface area contributed by atoms with Crippen LogP contribution in [-0.2, 0) is 0 Å². The molecule has 1 saturated carbocycles. The van der Waals surface area contributed by atoms with Gasteiger partial charge in [-0.25, -0.2) is 4.39 Å². The van der Waals surface area contributed by atoms with Gasteiger partial charge in [0.2, 0.25) is 0 Å². The molecule has 1 nitrogen and oxygen atoms in total. The summed E-state index contributed by atoms with van der Waals surface area (Å²) in [6.07, 6.45) is 6.00. The van der Waals surface area contributed by atoms with Gasteiger partial charge < -0.3 is 0 Å². The van der Waals surface area contributed by atoms with Crippen molar-refractivity contribution in [2.75, 3.05) is 13.1 Å². The van der Waals surface area contributed by atoms with Crippen LogP contribution in [0, 0.1) is 5.41 Å². The van der Waals surface area contributed by atoms with Crippen LogP contribution in [0.2, 0.25) is 0 Å². The van der Waals surface area contributed by atoms with Gasteiger partial charge in [-0.2, -0.15) is 0 Å². The van der Waals surface area contributed by atoms with Crippen LogP contribution >= 0.6 is 0 Å². The zero-order valence-electron chi connectivity index (χ0n) is 7.22. The molecule has 3 aliphatic rings. The highest BCUT2D eigenvalue weighted by Gasteiger charge is 2.57. The molecule has 1 unspecified atom stereocenters. The number of hydrogen-bond donors (Lipinski definition) is 0. The monoisotopic (exact) mass is 167 g/mol. The van der Waals surface area contributed by atoms with Crippen molar-refractivity contribution in [3.63, 3.8) is 0 Å². The van der Waals surface area contributed by atoms with Crippen molar-refractivity contribution in [1.29, 1.82) is 0 Å². The van der Waals surface area contributed by atoms with Crippen molar-refractivity contribution in [1.82, 2.24) is 4.90 Å². The Morgan fingerprint density at radius 2 is 2.25 bits per heavy atom. The maximum Gasteiger partial charge on any atom is 0.0872 e. The van der Waals surface area contributed by atoms with Gasteiger partial charge in [-0.3, -0.25) is 4.90 Å². The van der Waals surface area contributed by atoms with Crippen molar-refractivity contribution >= 4 is 0 Å². The molecule has 0 amide bonds. The van der Waals surface area contributed by atoms with Gasteiger partial charge in [0, 0.05) is 12.6 Å². The second-order valence-electron chi connectivity index (χ2n) is 4.57. The Kier molecular flexibility index (Phi) is 1.24. The molecular formula is C10H14FN. The zero-order valence-corrected chi connectivity index (χ0v) is 7.22. The minimum absolute atomic E-state index is 0.644.